The number of hydrogen-bond acceptors (Lipinski definition) is 3. The van der Waals surface area contributed by atoms with E-state index in [1.54, 1.807) is 12.1 Å². The highest BCUT2D eigenvalue weighted by Gasteiger charge is 2.21. The lowest BCUT2D eigenvalue weighted by Gasteiger charge is -2.23. The van der Waals surface area contributed by atoms with E-state index in [0.29, 0.717) is 5.56 Å². The first kappa shape index (κ1) is 9.49. The van der Waals surface area contributed by atoms with E-state index in [1.165, 1.54) is 0 Å². The minimum atomic E-state index is -0.440. The molecule has 1 aliphatic rings. The molecule has 0 saturated carbocycles. The Balaban J connectivity index is 2.55. The van der Waals surface area contributed by atoms with Gasteiger partial charge in [0.1, 0.15) is 5.75 Å². The predicted octanol–water partition coefficient (Wildman–Crippen LogP) is 1.25. The van der Waals surface area contributed by atoms with Crippen LogP contribution in [-0.2, 0) is 13.0 Å². The third-order valence-corrected chi connectivity index (χ3v) is 2.86. The Bertz CT molecular complexity index is 347. The molecule has 0 bridgehead atoms. The van der Waals surface area contributed by atoms with Gasteiger partial charge in [-0.1, -0.05) is 6.07 Å². The maximum absolute atomic E-state index is 9.71. The molecule has 3 nitrogen and oxygen atoms in total. The number of rotatable bonds is 1. The summed E-state index contributed by atoms with van der Waals surface area (Å²) in [5.74, 6) is 0.125. The Hall–Kier alpha value is -1.06. The Labute approximate surface area is 82.6 Å². The van der Waals surface area contributed by atoms with Crippen LogP contribution in [0.15, 0.2) is 12.1 Å². The van der Waals surface area contributed by atoms with Gasteiger partial charge < -0.3 is 15.3 Å². The molecule has 1 unspecified atom stereocenters. The fourth-order valence-electron chi connectivity index (χ4n) is 2.11. The molecule has 0 spiro atoms. The van der Waals surface area contributed by atoms with Crippen molar-refractivity contribution in [3.05, 3.63) is 28.8 Å². The van der Waals surface area contributed by atoms with Crippen molar-refractivity contribution < 1.29 is 15.3 Å². The molecule has 1 aromatic carbocycles. The van der Waals surface area contributed by atoms with Gasteiger partial charge in [0, 0.05) is 5.56 Å². The van der Waals surface area contributed by atoms with Crippen molar-refractivity contribution in [2.45, 2.75) is 32.0 Å². The normalized spacial score (nSPS) is 20.6. The fourth-order valence-corrected chi connectivity index (χ4v) is 2.11. The minimum Gasteiger partial charge on any atom is -0.508 e. The topological polar surface area (TPSA) is 60.7 Å². The lowest BCUT2D eigenvalue weighted by Crippen LogP contribution is -2.11. The van der Waals surface area contributed by atoms with Gasteiger partial charge in [-0.2, -0.15) is 0 Å². The van der Waals surface area contributed by atoms with E-state index in [0.717, 1.165) is 30.4 Å². The van der Waals surface area contributed by atoms with Crippen LogP contribution in [0.3, 0.4) is 0 Å². The molecule has 2 rings (SSSR count). The quantitative estimate of drug-likeness (QED) is 0.630. The summed E-state index contributed by atoms with van der Waals surface area (Å²) in [6.07, 6.45) is 2.06. The van der Waals surface area contributed by atoms with Crippen LogP contribution in [0.25, 0.3) is 0 Å². The van der Waals surface area contributed by atoms with Gasteiger partial charge in [-0.05, 0) is 36.5 Å². The van der Waals surface area contributed by atoms with Crippen LogP contribution in [0.1, 0.15) is 35.6 Å². The van der Waals surface area contributed by atoms with E-state index in [1.807, 2.05) is 0 Å². The van der Waals surface area contributed by atoms with Crippen molar-refractivity contribution in [1.29, 1.82) is 0 Å². The summed E-state index contributed by atoms with van der Waals surface area (Å²) in [7, 11) is 0. The van der Waals surface area contributed by atoms with E-state index in [4.69, 9.17) is 5.11 Å². The van der Waals surface area contributed by atoms with Crippen molar-refractivity contribution in [3.8, 4) is 5.75 Å². The molecule has 14 heavy (non-hydrogen) atoms. The summed E-state index contributed by atoms with van der Waals surface area (Å²) in [6, 6.07) is 3.28. The number of fused-ring (bicyclic) bond motifs is 1. The average Bonchev–Trinajstić information content (AvgIpc) is 2.18. The summed E-state index contributed by atoms with van der Waals surface area (Å²) in [6.45, 7) is -0.165. The van der Waals surface area contributed by atoms with Gasteiger partial charge >= 0.3 is 0 Å². The van der Waals surface area contributed by atoms with Gasteiger partial charge in [0.2, 0.25) is 0 Å². The zero-order valence-corrected chi connectivity index (χ0v) is 7.90. The number of aromatic hydroxyl groups is 1. The molecule has 76 valence electrons. The lowest BCUT2D eigenvalue weighted by molar-refractivity contribution is 0.155. The Morgan fingerprint density at radius 3 is 2.86 bits per heavy atom. The Morgan fingerprint density at radius 2 is 2.14 bits per heavy atom. The molecule has 3 heteroatoms. The first-order chi connectivity index (χ1) is 6.74. The smallest absolute Gasteiger partial charge is 0.121 e. The molecular formula is C11H14O3. The highest BCUT2D eigenvalue weighted by Crippen LogP contribution is 2.35. The number of phenols is 1. The minimum absolute atomic E-state index is 0.125. The van der Waals surface area contributed by atoms with Gasteiger partial charge in [0.25, 0.3) is 0 Å². The second kappa shape index (κ2) is 3.59. The summed E-state index contributed by atoms with van der Waals surface area (Å²) in [5, 5.41) is 28.3. The summed E-state index contributed by atoms with van der Waals surface area (Å²) >= 11 is 0. The monoisotopic (exact) mass is 194 g/mol. The first-order valence-electron chi connectivity index (χ1n) is 4.86. The zero-order chi connectivity index (χ0) is 10.1. The van der Waals surface area contributed by atoms with Crippen LogP contribution in [0, 0.1) is 0 Å². The Kier molecular flexibility index (Phi) is 2.44. The van der Waals surface area contributed by atoms with E-state index < -0.39 is 6.10 Å². The highest BCUT2D eigenvalue weighted by atomic mass is 16.3. The fraction of sp³-hybridized carbons (Fsp3) is 0.455. The third-order valence-electron chi connectivity index (χ3n) is 2.86. The van der Waals surface area contributed by atoms with Gasteiger partial charge in [0.15, 0.2) is 0 Å². The number of benzene rings is 1. The molecule has 0 radical (unpaired) electrons. The maximum atomic E-state index is 9.71. The SMILES string of the molecule is OCc1c(O)ccc2c1CCCC2O. The van der Waals surface area contributed by atoms with Crippen LogP contribution < -0.4 is 0 Å². The molecule has 0 amide bonds. The largest absolute Gasteiger partial charge is 0.508 e. The van der Waals surface area contributed by atoms with Crippen molar-refractivity contribution >= 4 is 0 Å². The molecule has 3 N–H and O–H groups in total. The van der Waals surface area contributed by atoms with Crippen molar-refractivity contribution in [1.82, 2.24) is 0 Å². The van der Waals surface area contributed by atoms with Crippen LogP contribution >= 0.6 is 0 Å². The summed E-state index contributed by atoms with van der Waals surface area (Å²) < 4.78 is 0. The molecule has 0 fully saturated rings. The predicted molar refractivity (Wildman–Crippen MR) is 51.9 cm³/mol. The van der Waals surface area contributed by atoms with Crippen molar-refractivity contribution in [2.24, 2.45) is 0 Å². The second-order valence-corrected chi connectivity index (χ2v) is 3.70. The third kappa shape index (κ3) is 1.38. The summed E-state index contributed by atoms with van der Waals surface area (Å²) in [4.78, 5) is 0. The van der Waals surface area contributed by atoms with Gasteiger partial charge in [0.05, 0.1) is 12.7 Å². The molecule has 1 atom stereocenters. The number of aliphatic hydroxyl groups excluding tert-OH is 2. The van der Waals surface area contributed by atoms with E-state index >= 15 is 0 Å². The lowest BCUT2D eigenvalue weighted by atomic mass is 9.86. The van der Waals surface area contributed by atoms with Crippen molar-refractivity contribution in [3.63, 3.8) is 0 Å². The van der Waals surface area contributed by atoms with E-state index in [2.05, 4.69) is 0 Å². The van der Waals surface area contributed by atoms with Gasteiger partial charge in [-0.3, -0.25) is 0 Å². The van der Waals surface area contributed by atoms with E-state index in [9.17, 15) is 10.2 Å². The maximum Gasteiger partial charge on any atom is 0.121 e. The van der Waals surface area contributed by atoms with Crippen LogP contribution in [0.5, 0.6) is 5.75 Å². The first-order valence-corrected chi connectivity index (χ1v) is 4.86. The molecular weight excluding hydrogens is 180 g/mol. The highest BCUT2D eigenvalue weighted by molar-refractivity contribution is 5.46. The molecule has 0 saturated heterocycles. The van der Waals surface area contributed by atoms with Crippen molar-refractivity contribution in [2.75, 3.05) is 0 Å². The van der Waals surface area contributed by atoms with E-state index in [-0.39, 0.29) is 12.4 Å². The number of hydrogen-bond donors (Lipinski definition) is 3. The van der Waals surface area contributed by atoms with Crippen LogP contribution in [0.2, 0.25) is 0 Å². The summed E-state index contributed by atoms with van der Waals surface area (Å²) in [5.41, 5.74) is 2.35. The average molecular weight is 194 g/mol. The number of aliphatic hydroxyl groups is 2. The molecule has 1 aromatic rings. The van der Waals surface area contributed by atoms with Gasteiger partial charge in [-0.25, -0.2) is 0 Å². The Morgan fingerprint density at radius 1 is 1.36 bits per heavy atom. The van der Waals surface area contributed by atoms with Crippen LogP contribution in [0.4, 0.5) is 0 Å². The second-order valence-electron chi connectivity index (χ2n) is 3.70. The molecule has 0 heterocycles. The van der Waals surface area contributed by atoms with Crippen LogP contribution in [-0.4, -0.2) is 15.3 Å². The van der Waals surface area contributed by atoms with Gasteiger partial charge in [-0.15, -0.1) is 0 Å². The standard InChI is InChI=1S/C11H14O3/c12-6-9-7-2-1-3-10(13)8(7)4-5-11(9)14/h4-5,10,12-14H,1-3,6H2. The molecule has 0 aromatic heterocycles. The molecule has 0 aliphatic heterocycles. The molecule has 1 aliphatic carbocycles. The zero-order valence-electron chi connectivity index (χ0n) is 7.90.